The first-order valence-corrected chi connectivity index (χ1v) is 7.87. The molecule has 120 valence electrons. The van der Waals surface area contributed by atoms with Gasteiger partial charge in [0, 0.05) is 30.3 Å². The molecule has 3 aromatic heterocycles. The number of hydrogen-bond acceptors (Lipinski definition) is 6. The second-order valence-electron chi connectivity index (χ2n) is 6.11. The quantitative estimate of drug-likeness (QED) is 0.584. The summed E-state index contributed by atoms with van der Waals surface area (Å²) in [5, 5.41) is 14.4. The Morgan fingerprint density at radius 2 is 2.09 bits per heavy atom. The molecule has 1 aliphatic rings. The third-order valence-corrected chi connectivity index (χ3v) is 4.42. The molecule has 3 aromatic rings. The lowest BCUT2D eigenvalue weighted by Gasteiger charge is -2.24. The van der Waals surface area contributed by atoms with Crippen LogP contribution in [0.15, 0.2) is 24.5 Å². The molecule has 3 heterocycles. The predicted octanol–water partition coefficient (Wildman–Crippen LogP) is 1.76. The van der Waals surface area contributed by atoms with E-state index in [0.29, 0.717) is 23.6 Å². The molecule has 0 aliphatic heterocycles. The van der Waals surface area contributed by atoms with Crippen LogP contribution in [0.5, 0.6) is 0 Å². The molecule has 0 atom stereocenters. The fraction of sp³-hybridized carbons (Fsp3) is 0.400. The van der Waals surface area contributed by atoms with Crippen molar-refractivity contribution in [2.24, 2.45) is 5.73 Å². The average Bonchev–Trinajstić information content (AvgIpc) is 3.17. The average molecular weight is 312 g/mol. The van der Waals surface area contributed by atoms with Crippen LogP contribution in [0, 0.1) is 0 Å². The highest BCUT2D eigenvalue weighted by Crippen LogP contribution is 2.33. The van der Waals surface area contributed by atoms with E-state index in [4.69, 9.17) is 16.5 Å². The minimum Gasteiger partial charge on any atom is -0.382 e. The molecule has 4 rings (SSSR count). The van der Waals surface area contributed by atoms with Crippen molar-refractivity contribution in [3.05, 3.63) is 30.2 Å². The number of nitrogens with zero attached hydrogens (tertiary/aromatic N) is 4. The van der Waals surface area contributed by atoms with E-state index in [0.717, 1.165) is 42.7 Å². The molecule has 23 heavy (non-hydrogen) atoms. The summed E-state index contributed by atoms with van der Waals surface area (Å²) >= 11 is 0. The Labute approximate surface area is 133 Å². The molecule has 1 fully saturated rings. The third kappa shape index (κ3) is 2.72. The summed E-state index contributed by atoms with van der Waals surface area (Å²) in [6.45, 7) is 0. The van der Waals surface area contributed by atoms with Crippen LogP contribution in [0.4, 0.5) is 17.3 Å². The molecular formula is C15H20N8. The van der Waals surface area contributed by atoms with Crippen LogP contribution in [-0.2, 0) is 0 Å². The number of nitrogens with two attached hydrogens (primary N) is 2. The van der Waals surface area contributed by atoms with E-state index in [1.807, 2.05) is 12.3 Å². The summed E-state index contributed by atoms with van der Waals surface area (Å²) in [6.07, 6.45) is 7.97. The maximum Gasteiger partial charge on any atom is 0.177 e. The monoisotopic (exact) mass is 312 g/mol. The molecule has 0 unspecified atom stereocenters. The number of rotatable bonds is 3. The maximum absolute atomic E-state index is 6.00. The van der Waals surface area contributed by atoms with Crippen molar-refractivity contribution in [2.45, 2.75) is 37.6 Å². The van der Waals surface area contributed by atoms with Crippen LogP contribution >= 0.6 is 0 Å². The van der Waals surface area contributed by atoms with Crippen molar-refractivity contribution in [3.8, 4) is 0 Å². The minimum atomic E-state index is 0.328. The van der Waals surface area contributed by atoms with Gasteiger partial charge in [0.1, 0.15) is 5.82 Å². The lowest BCUT2D eigenvalue weighted by molar-refractivity contribution is 0.391. The number of aromatic nitrogens is 5. The Balaban J connectivity index is 1.70. The number of nitrogens with one attached hydrogen (secondary N) is 2. The molecule has 0 saturated heterocycles. The first kappa shape index (κ1) is 14.0. The molecule has 0 aromatic carbocycles. The van der Waals surface area contributed by atoms with Crippen LogP contribution < -0.4 is 16.8 Å². The predicted molar refractivity (Wildman–Crippen MR) is 88.5 cm³/mol. The lowest BCUT2D eigenvalue weighted by Crippen LogP contribution is -2.25. The number of nitrogen functional groups attached to an aromatic ring is 1. The van der Waals surface area contributed by atoms with Gasteiger partial charge in [-0.05, 0) is 25.7 Å². The van der Waals surface area contributed by atoms with Crippen molar-refractivity contribution >= 4 is 23.0 Å². The van der Waals surface area contributed by atoms with Gasteiger partial charge in [0.2, 0.25) is 0 Å². The van der Waals surface area contributed by atoms with E-state index in [9.17, 15) is 0 Å². The molecule has 0 spiro atoms. The van der Waals surface area contributed by atoms with Crippen LogP contribution in [0.3, 0.4) is 0 Å². The second kappa shape index (κ2) is 5.54. The number of aromatic amines is 1. The van der Waals surface area contributed by atoms with Gasteiger partial charge in [0.15, 0.2) is 11.5 Å². The zero-order chi connectivity index (χ0) is 15.8. The first-order chi connectivity index (χ1) is 11.2. The number of imidazole rings is 1. The van der Waals surface area contributed by atoms with Gasteiger partial charge in [-0.15, -0.1) is 5.10 Å². The van der Waals surface area contributed by atoms with Crippen LogP contribution in [0.2, 0.25) is 0 Å². The summed E-state index contributed by atoms with van der Waals surface area (Å²) in [6, 6.07) is 3.95. The van der Waals surface area contributed by atoms with Crippen molar-refractivity contribution in [3.63, 3.8) is 0 Å². The van der Waals surface area contributed by atoms with E-state index in [-0.39, 0.29) is 0 Å². The largest absolute Gasteiger partial charge is 0.382 e. The summed E-state index contributed by atoms with van der Waals surface area (Å²) in [7, 11) is 0. The molecule has 8 nitrogen and oxygen atoms in total. The summed E-state index contributed by atoms with van der Waals surface area (Å²) in [5.74, 6) is 1.59. The molecule has 8 heteroatoms. The normalized spacial score (nSPS) is 21.6. The van der Waals surface area contributed by atoms with E-state index < -0.39 is 0 Å². The molecule has 1 aliphatic carbocycles. The topological polar surface area (TPSA) is 123 Å². The van der Waals surface area contributed by atoms with Crippen molar-refractivity contribution in [1.29, 1.82) is 0 Å². The Kier molecular flexibility index (Phi) is 3.38. The number of fused-ring (bicyclic) bond motifs is 1. The van der Waals surface area contributed by atoms with Gasteiger partial charge in [-0.3, -0.25) is 5.10 Å². The second-order valence-corrected chi connectivity index (χ2v) is 6.11. The Morgan fingerprint density at radius 1 is 1.26 bits per heavy atom. The Hall–Kier alpha value is -2.61. The van der Waals surface area contributed by atoms with Gasteiger partial charge in [-0.1, -0.05) is 0 Å². The number of hydrogen-bond donors (Lipinski definition) is 4. The zero-order valence-corrected chi connectivity index (χ0v) is 12.7. The van der Waals surface area contributed by atoms with E-state index in [1.54, 1.807) is 16.8 Å². The molecule has 0 amide bonds. The van der Waals surface area contributed by atoms with Crippen LogP contribution in [-0.4, -0.2) is 30.8 Å². The van der Waals surface area contributed by atoms with Crippen LogP contribution in [0.1, 0.15) is 37.3 Å². The molecule has 1 saturated carbocycles. The minimum absolute atomic E-state index is 0.328. The van der Waals surface area contributed by atoms with Gasteiger partial charge in [0.25, 0.3) is 0 Å². The summed E-state index contributed by atoms with van der Waals surface area (Å²) in [5.41, 5.74) is 14.5. The first-order valence-electron chi connectivity index (χ1n) is 7.87. The van der Waals surface area contributed by atoms with Crippen LogP contribution in [0.25, 0.3) is 5.65 Å². The summed E-state index contributed by atoms with van der Waals surface area (Å²) < 4.78 is 1.74. The highest BCUT2D eigenvalue weighted by atomic mass is 15.3. The van der Waals surface area contributed by atoms with E-state index in [2.05, 4.69) is 20.6 Å². The van der Waals surface area contributed by atoms with E-state index >= 15 is 0 Å². The third-order valence-electron chi connectivity index (χ3n) is 4.42. The van der Waals surface area contributed by atoms with Gasteiger partial charge < -0.3 is 16.8 Å². The maximum atomic E-state index is 6.00. The SMILES string of the molecule is Nc1cc(Nc2cc[nH]n2)c2nc([C@H]3CC[C@H](N)CC3)cn2n1. The Morgan fingerprint density at radius 3 is 2.83 bits per heavy atom. The van der Waals surface area contributed by atoms with Crippen molar-refractivity contribution in [1.82, 2.24) is 24.8 Å². The standard InChI is InChI=1S/C15H20N8/c16-10-3-1-9(2-4-10)12-8-23-15(20-12)11(7-13(17)22-23)19-14-5-6-18-21-14/h5-10H,1-4,16H2,(H2,17,22)(H2,18,19,21)/t9-,10-. The van der Waals surface area contributed by atoms with Crippen molar-refractivity contribution < 1.29 is 0 Å². The van der Waals surface area contributed by atoms with Crippen molar-refractivity contribution in [2.75, 3.05) is 11.1 Å². The van der Waals surface area contributed by atoms with Gasteiger partial charge in [0.05, 0.1) is 17.6 Å². The molecule has 0 radical (unpaired) electrons. The fourth-order valence-electron chi connectivity index (χ4n) is 3.19. The zero-order valence-electron chi connectivity index (χ0n) is 12.7. The smallest absolute Gasteiger partial charge is 0.177 e. The highest BCUT2D eigenvalue weighted by Gasteiger charge is 2.23. The molecule has 6 N–H and O–H groups in total. The fourth-order valence-corrected chi connectivity index (χ4v) is 3.19. The lowest BCUT2D eigenvalue weighted by atomic mass is 9.85. The van der Waals surface area contributed by atoms with Gasteiger partial charge in [-0.25, -0.2) is 9.50 Å². The molecular weight excluding hydrogens is 292 g/mol. The number of H-pyrrole nitrogens is 1. The molecule has 0 bridgehead atoms. The number of anilines is 3. The summed E-state index contributed by atoms with van der Waals surface area (Å²) in [4.78, 5) is 4.79. The van der Waals surface area contributed by atoms with Gasteiger partial charge >= 0.3 is 0 Å². The highest BCUT2D eigenvalue weighted by molar-refractivity contribution is 5.74. The van der Waals surface area contributed by atoms with Gasteiger partial charge in [-0.2, -0.15) is 5.10 Å². The van der Waals surface area contributed by atoms with E-state index in [1.165, 1.54) is 0 Å². The Bertz CT molecular complexity index is 798.